The largest absolute Gasteiger partial charge is 0.326 e. The zero-order valence-corrected chi connectivity index (χ0v) is 7.10. The topological polar surface area (TPSA) is 54.7 Å². The van der Waals surface area contributed by atoms with Crippen LogP contribution >= 0.6 is 11.6 Å². The minimum absolute atomic E-state index is 0.495. The molecule has 0 unspecified atom stereocenters. The van der Waals surface area contributed by atoms with E-state index in [1.54, 1.807) is 6.20 Å². The molecule has 1 aromatic heterocycles. The molecule has 0 saturated carbocycles. The van der Waals surface area contributed by atoms with Crippen LogP contribution < -0.4 is 5.73 Å². The average molecular weight is 182 g/mol. The van der Waals surface area contributed by atoms with Crippen LogP contribution in [0.5, 0.6) is 0 Å². The van der Waals surface area contributed by atoms with E-state index in [0.29, 0.717) is 11.6 Å². The van der Waals surface area contributed by atoms with Crippen molar-refractivity contribution >= 4 is 22.5 Å². The Bertz CT molecular complexity index is 408. The maximum absolute atomic E-state index is 5.97. The third-order valence-electron chi connectivity index (χ3n) is 1.80. The van der Waals surface area contributed by atoms with Crippen molar-refractivity contribution in [3.8, 4) is 0 Å². The molecular formula is C8H8ClN3. The van der Waals surface area contributed by atoms with Crippen LogP contribution in [0.25, 0.3) is 10.9 Å². The highest BCUT2D eigenvalue weighted by atomic mass is 35.5. The number of aromatic nitrogens is 2. The molecular weight excluding hydrogens is 174 g/mol. The Hall–Kier alpha value is -1.06. The molecule has 1 heterocycles. The fourth-order valence-corrected chi connectivity index (χ4v) is 1.47. The lowest BCUT2D eigenvalue weighted by molar-refractivity contribution is 1.07. The monoisotopic (exact) mass is 181 g/mol. The van der Waals surface area contributed by atoms with Gasteiger partial charge in [0.15, 0.2) is 0 Å². The molecule has 1 aromatic carbocycles. The molecule has 0 radical (unpaired) electrons. The number of aromatic amines is 1. The number of hydrogen-bond acceptors (Lipinski definition) is 2. The Labute approximate surface area is 74.5 Å². The van der Waals surface area contributed by atoms with Crippen LogP contribution in [-0.4, -0.2) is 10.2 Å². The zero-order chi connectivity index (χ0) is 8.55. The molecule has 0 aliphatic carbocycles. The van der Waals surface area contributed by atoms with E-state index < -0.39 is 0 Å². The normalized spacial score (nSPS) is 10.8. The Morgan fingerprint density at radius 3 is 3.08 bits per heavy atom. The van der Waals surface area contributed by atoms with Crippen LogP contribution in [0.15, 0.2) is 18.3 Å². The van der Waals surface area contributed by atoms with Gasteiger partial charge in [-0.2, -0.15) is 5.10 Å². The van der Waals surface area contributed by atoms with Crippen molar-refractivity contribution in [1.82, 2.24) is 10.2 Å². The molecule has 0 bridgehead atoms. The van der Waals surface area contributed by atoms with E-state index in [2.05, 4.69) is 10.2 Å². The number of hydrogen-bond donors (Lipinski definition) is 2. The van der Waals surface area contributed by atoms with Crippen LogP contribution in [0.1, 0.15) is 5.56 Å². The fraction of sp³-hybridized carbons (Fsp3) is 0.125. The van der Waals surface area contributed by atoms with E-state index in [1.807, 2.05) is 12.1 Å². The van der Waals surface area contributed by atoms with E-state index >= 15 is 0 Å². The number of benzene rings is 1. The minimum Gasteiger partial charge on any atom is -0.326 e. The van der Waals surface area contributed by atoms with Crippen molar-refractivity contribution in [3.05, 3.63) is 28.9 Å². The van der Waals surface area contributed by atoms with Crippen molar-refractivity contribution in [2.75, 3.05) is 0 Å². The van der Waals surface area contributed by atoms with Gasteiger partial charge < -0.3 is 5.73 Å². The molecule has 0 atom stereocenters. The Kier molecular flexibility index (Phi) is 1.75. The summed E-state index contributed by atoms with van der Waals surface area (Å²) in [7, 11) is 0. The molecule has 2 rings (SSSR count). The number of nitrogens with zero attached hydrogens (tertiary/aromatic N) is 1. The third-order valence-corrected chi connectivity index (χ3v) is 2.12. The molecule has 0 spiro atoms. The molecule has 0 saturated heterocycles. The maximum Gasteiger partial charge on any atom is 0.0668 e. The first-order valence-corrected chi connectivity index (χ1v) is 4.00. The van der Waals surface area contributed by atoms with Gasteiger partial charge in [-0.05, 0) is 17.7 Å². The number of rotatable bonds is 1. The summed E-state index contributed by atoms with van der Waals surface area (Å²) in [6, 6.07) is 3.81. The van der Waals surface area contributed by atoms with Gasteiger partial charge >= 0.3 is 0 Å². The van der Waals surface area contributed by atoms with Gasteiger partial charge in [-0.15, -0.1) is 0 Å². The van der Waals surface area contributed by atoms with E-state index in [1.165, 1.54) is 0 Å². The summed E-state index contributed by atoms with van der Waals surface area (Å²) in [5.74, 6) is 0. The standard InChI is InChI=1S/C8H8ClN3/c9-7-1-5(3-10)2-8-6(7)4-11-12-8/h1-2,4H,3,10H2,(H,11,12). The fourth-order valence-electron chi connectivity index (χ4n) is 1.18. The lowest BCUT2D eigenvalue weighted by Gasteiger charge is -1.98. The van der Waals surface area contributed by atoms with Crippen LogP contribution in [0.4, 0.5) is 0 Å². The highest BCUT2D eigenvalue weighted by Crippen LogP contribution is 2.23. The number of fused-ring (bicyclic) bond motifs is 1. The van der Waals surface area contributed by atoms with Gasteiger partial charge in [0.2, 0.25) is 0 Å². The van der Waals surface area contributed by atoms with Gasteiger partial charge in [-0.25, -0.2) is 0 Å². The Balaban J connectivity index is 2.75. The lowest BCUT2D eigenvalue weighted by atomic mass is 10.2. The highest BCUT2D eigenvalue weighted by molar-refractivity contribution is 6.35. The summed E-state index contributed by atoms with van der Waals surface area (Å²) >= 11 is 5.97. The number of nitrogens with two attached hydrogens (primary N) is 1. The first kappa shape index (κ1) is 7.58. The smallest absolute Gasteiger partial charge is 0.0668 e. The van der Waals surface area contributed by atoms with Crippen LogP contribution in [0.3, 0.4) is 0 Å². The summed E-state index contributed by atoms with van der Waals surface area (Å²) in [5, 5.41) is 8.37. The third kappa shape index (κ3) is 1.07. The molecule has 4 heteroatoms. The SMILES string of the molecule is NCc1cc(Cl)c2cn[nH]c2c1. The molecule has 0 amide bonds. The van der Waals surface area contributed by atoms with Crippen LogP contribution in [0.2, 0.25) is 5.02 Å². The van der Waals surface area contributed by atoms with E-state index in [9.17, 15) is 0 Å². The summed E-state index contributed by atoms with van der Waals surface area (Å²) in [4.78, 5) is 0. The van der Waals surface area contributed by atoms with Crippen molar-refractivity contribution in [2.45, 2.75) is 6.54 Å². The zero-order valence-electron chi connectivity index (χ0n) is 6.34. The maximum atomic E-state index is 5.97. The van der Waals surface area contributed by atoms with Crippen molar-refractivity contribution < 1.29 is 0 Å². The van der Waals surface area contributed by atoms with Crippen molar-refractivity contribution in [1.29, 1.82) is 0 Å². The van der Waals surface area contributed by atoms with Gasteiger partial charge in [0.05, 0.1) is 16.7 Å². The van der Waals surface area contributed by atoms with Crippen LogP contribution in [-0.2, 0) is 6.54 Å². The molecule has 3 N–H and O–H groups in total. The van der Waals surface area contributed by atoms with E-state index in [-0.39, 0.29) is 0 Å². The molecule has 0 aliphatic rings. The first-order valence-electron chi connectivity index (χ1n) is 3.63. The Morgan fingerprint density at radius 1 is 1.50 bits per heavy atom. The van der Waals surface area contributed by atoms with Gasteiger partial charge in [0.1, 0.15) is 0 Å². The summed E-state index contributed by atoms with van der Waals surface area (Å²) < 4.78 is 0. The Morgan fingerprint density at radius 2 is 2.33 bits per heavy atom. The van der Waals surface area contributed by atoms with Gasteiger partial charge in [-0.3, -0.25) is 5.10 Å². The molecule has 0 fully saturated rings. The molecule has 3 nitrogen and oxygen atoms in total. The average Bonchev–Trinajstić information content (AvgIpc) is 2.52. The second-order valence-corrected chi connectivity index (χ2v) is 3.02. The van der Waals surface area contributed by atoms with Gasteiger partial charge in [0, 0.05) is 11.9 Å². The second-order valence-electron chi connectivity index (χ2n) is 2.61. The predicted molar refractivity (Wildman–Crippen MR) is 49.0 cm³/mol. The first-order chi connectivity index (χ1) is 5.81. The molecule has 2 aromatic rings. The minimum atomic E-state index is 0.495. The summed E-state index contributed by atoms with van der Waals surface area (Å²) in [5.41, 5.74) is 7.43. The lowest BCUT2D eigenvalue weighted by Crippen LogP contribution is -1.95. The second kappa shape index (κ2) is 2.77. The molecule has 62 valence electrons. The van der Waals surface area contributed by atoms with E-state index in [4.69, 9.17) is 17.3 Å². The van der Waals surface area contributed by atoms with Gasteiger partial charge in [0.25, 0.3) is 0 Å². The number of halogens is 1. The molecule has 0 aliphatic heterocycles. The van der Waals surface area contributed by atoms with Crippen molar-refractivity contribution in [3.63, 3.8) is 0 Å². The van der Waals surface area contributed by atoms with Crippen LogP contribution in [0, 0.1) is 0 Å². The predicted octanol–water partition coefficient (Wildman–Crippen LogP) is 1.67. The molecule has 12 heavy (non-hydrogen) atoms. The van der Waals surface area contributed by atoms with Crippen molar-refractivity contribution in [2.24, 2.45) is 5.73 Å². The summed E-state index contributed by atoms with van der Waals surface area (Å²) in [6.07, 6.45) is 1.71. The van der Waals surface area contributed by atoms with E-state index in [0.717, 1.165) is 16.5 Å². The number of nitrogens with one attached hydrogen (secondary N) is 1. The number of H-pyrrole nitrogens is 1. The van der Waals surface area contributed by atoms with Gasteiger partial charge in [-0.1, -0.05) is 11.6 Å². The highest BCUT2D eigenvalue weighted by Gasteiger charge is 2.02. The quantitative estimate of drug-likeness (QED) is 0.703. The summed E-state index contributed by atoms with van der Waals surface area (Å²) in [6.45, 7) is 0.495.